The van der Waals surface area contributed by atoms with Crippen LogP contribution < -0.4 is 10.2 Å². The summed E-state index contributed by atoms with van der Waals surface area (Å²) in [5, 5.41) is 30.1. The van der Waals surface area contributed by atoms with E-state index in [9.17, 15) is 10.2 Å². The van der Waals surface area contributed by atoms with Gasteiger partial charge in [-0.1, -0.05) is 73.2 Å². The second-order valence-corrected chi connectivity index (χ2v) is 5.05. The first-order valence-corrected chi connectivity index (χ1v) is 7.78. The van der Waals surface area contributed by atoms with Gasteiger partial charge in [0, 0.05) is 12.4 Å². The SMILES string of the molecule is C=Cc1ccncc1C=C.[O-]c1ccccc1N=Nc1ccccc1[O-].[Pt+2]. The first kappa shape index (κ1) is 22.0. The maximum atomic E-state index is 11.3. The van der Waals surface area contributed by atoms with E-state index in [-0.39, 0.29) is 43.9 Å². The van der Waals surface area contributed by atoms with Gasteiger partial charge in [0.1, 0.15) is 0 Å². The van der Waals surface area contributed by atoms with E-state index in [1.165, 1.54) is 12.1 Å². The van der Waals surface area contributed by atoms with Crippen LogP contribution in [0.4, 0.5) is 11.4 Å². The average molecular weight is 538 g/mol. The van der Waals surface area contributed by atoms with Gasteiger partial charge in [0.15, 0.2) is 0 Å². The Kier molecular flexibility index (Phi) is 9.41. The van der Waals surface area contributed by atoms with Crippen LogP contribution in [0.2, 0.25) is 0 Å². The summed E-state index contributed by atoms with van der Waals surface area (Å²) in [4.78, 5) is 3.95. The van der Waals surface area contributed by atoms with Crippen LogP contribution in [0.5, 0.6) is 11.5 Å². The number of aromatic nitrogens is 1. The molecule has 0 aliphatic carbocycles. The van der Waals surface area contributed by atoms with Crippen molar-refractivity contribution in [2.24, 2.45) is 10.2 Å². The number of hydrogen-bond donors (Lipinski definition) is 0. The van der Waals surface area contributed by atoms with E-state index in [0.717, 1.165) is 11.1 Å². The Morgan fingerprint density at radius 1 is 0.741 bits per heavy atom. The summed E-state index contributed by atoms with van der Waals surface area (Å²) in [5.41, 5.74) is 2.55. The molecule has 0 atom stereocenters. The molecule has 2 aromatic carbocycles. The van der Waals surface area contributed by atoms with Gasteiger partial charge in [-0.15, -0.1) is 0 Å². The van der Waals surface area contributed by atoms with Gasteiger partial charge in [-0.2, -0.15) is 10.2 Å². The Bertz CT molecular complexity index is 852. The molecule has 3 rings (SSSR count). The van der Waals surface area contributed by atoms with Gasteiger partial charge in [0.2, 0.25) is 0 Å². The van der Waals surface area contributed by atoms with Crippen LogP contribution in [0.25, 0.3) is 12.2 Å². The fourth-order valence-corrected chi connectivity index (χ4v) is 1.96. The molecule has 0 amide bonds. The Morgan fingerprint density at radius 3 is 1.63 bits per heavy atom. The van der Waals surface area contributed by atoms with Crippen molar-refractivity contribution in [3.63, 3.8) is 0 Å². The summed E-state index contributed by atoms with van der Waals surface area (Å²) in [6, 6.07) is 14.5. The molecule has 6 heteroatoms. The van der Waals surface area contributed by atoms with Crippen molar-refractivity contribution in [2.75, 3.05) is 0 Å². The molecule has 0 radical (unpaired) electrons. The number of benzene rings is 2. The van der Waals surface area contributed by atoms with Crippen LogP contribution in [0.1, 0.15) is 11.1 Å². The van der Waals surface area contributed by atoms with Crippen molar-refractivity contribution in [1.82, 2.24) is 4.98 Å². The number of rotatable bonds is 4. The summed E-state index contributed by atoms with van der Waals surface area (Å²) >= 11 is 0. The molecule has 0 saturated carbocycles. The zero-order valence-corrected chi connectivity index (χ0v) is 16.7. The monoisotopic (exact) mass is 538 g/mol. The van der Waals surface area contributed by atoms with E-state index in [2.05, 4.69) is 28.4 Å². The summed E-state index contributed by atoms with van der Waals surface area (Å²) < 4.78 is 0. The van der Waals surface area contributed by atoms with Gasteiger partial charge in [0.25, 0.3) is 0 Å². The molecule has 0 N–H and O–H groups in total. The van der Waals surface area contributed by atoms with E-state index in [4.69, 9.17) is 0 Å². The Labute approximate surface area is 172 Å². The summed E-state index contributed by atoms with van der Waals surface area (Å²) in [6.07, 6.45) is 7.07. The number of hydrogen-bond acceptors (Lipinski definition) is 5. The second kappa shape index (κ2) is 11.6. The van der Waals surface area contributed by atoms with Crippen LogP contribution in [-0.4, -0.2) is 4.98 Å². The van der Waals surface area contributed by atoms with Crippen LogP contribution in [0.15, 0.2) is 90.4 Å². The topological polar surface area (TPSA) is 83.7 Å². The largest absolute Gasteiger partial charge is 2.00 e. The Balaban J connectivity index is 0.000000288. The molecule has 1 aromatic heterocycles. The number of azo groups is 1. The average Bonchev–Trinajstić information content (AvgIpc) is 2.69. The zero-order valence-electron chi connectivity index (χ0n) is 14.4. The molecular formula is C21H17N3O2Pt. The van der Waals surface area contributed by atoms with Crippen LogP contribution >= 0.6 is 0 Å². The smallest absolute Gasteiger partial charge is 0.871 e. The van der Waals surface area contributed by atoms with Gasteiger partial charge in [-0.25, -0.2) is 0 Å². The molecule has 138 valence electrons. The molecule has 0 aliphatic rings. The minimum absolute atomic E-state index is 0. The molecule has 27 heavy (non-hydrogen) atoms. The predicted molar refractivity (Wildman–Crippen MR) is 100 cm³/mol. The molecule has 0 fully saturated rings. The second-order valence-electron chi connectivity index (χ2n) is 5.05. The van der Waals surface area contributed by atoms with E-state index in [1.807, 2.05) is 6.07 Å². The molecule has 0 unspecified atom stereocenters. The van der Waals surface area contributed by atoms with Crippen LogP contribution in [-0.2, 0) is 21.1 Å². The molecule has 0 saturated heterocycles. The van der Waals surface area contributed by atoms with Crippen molar-refractivity contribution in [1.29, 1.82) is 0 Å². The number of pyridine rings is 1. The summed E-state index contributed by atoms with van der Waals surface area (Å²) in [6.45, 7) is 7.32. The van der Waals surface area contributed by atoms with Gasteiger partial charge in [0.05, 0.1) is 11.4 Å². The van der Waals surface area contributed by atoms with E-state index in [0.29, 0.717) is 0 Å². The number of nitrogens with zero attached hydrogens (tertiary/aromatic N) is 3. The third-order valence-electron chi connectivity index (χ3n) is 3.32. The van der Waals surface area contributed by atoms with Crippen molar-refractivity contribution in [2.45, 2.75) is 0 Å². The molecule has 0 spiro atoms. The van der Waals surface area contributed by atoms with E-state index in [1.54, 1.807) is 60.9 Å². The van der Waals surface area contributed by atoms with Crippen molar-refractivity contribution < 1.29 is 31.3 Å². The standard InChI is InChI=1S/C12H10N2O2.C9H9N.Pt/c15-11-7-3-1-5-9(11)13-14-10-6-2-4-8-12(10)16;1-3-8-5-6-10-7-9(8)4-2;/h1-8,15-16H;3-7H,1-2H2;/q;;+2/p-2. The minimum atomic E-state index is -0.213. The minimum Gasteiger partial charge on any atom is -0.871 e. The fraction of sp³-hybridized carbons (Fsp3) is 0. The first-order valence-electron chi connectivity index (χ1n) is 7.78. The summed E-state index contributed by atoms with van der Waals surface area (Å²) in [7, 11) is 0. The quantitative estimate of drug-likeness (QED) is 0.455. The van der Waals surface area contributed by atoms with Crippen LogP contribution in [0, 0.1) is 0 Å². The molecular weight excluding hydrogens is 521 g/mol. The molecule has 0 aliphatic heterocycles. The maximum Gasteiger partial charge on any atom is 2.00 e. The maximum absolute atomic E-state index is 11.3. The Morgan fingerprint density at radius 2 is 1.22 bits per heavy atom. The van der Waals surface area contributed by atoms with Gasteiger partial charge in [-0.05, 0) is 29.3 Å². The normalized spacial score (nSPS) is 9.63. The predicted octanol–water partition coefficient (Wildman–Crippen LogP) is 4.61. The van der Waals surface area contributed by atoms with E-state index >= 15 is 0 Å². The molecule has 0 bridgehead atoms. The van der Waals surface area contributed by atoms with Crippen molar-refractivity contribution >= 4 is 23.5 Å². The Hall–Kier alpha value is -3.04. The number of para-hydroxylation sites is 2. The molecule has 5 nitrogen and oxygen atoms in total. The van der Waals surface area contributed by atoms with Crippen molar-refractivity contribution in [3.05, 3.63) is 91.3 Å². The zero-order chi connectivity index (χ0) is 18.8. The van der Waals surface area contributed by atoms with Gasteiger partial charge >= 0.3 is 21.1 Å². The molecule has 3 aromatic rings. The van der Waals surface area contributed by atoms with E-state index < -0.39 is 0 Å². The summed E-state index contributed by atoms with van der Waals surface area (Å²) in [5.74, 6) is -0.427. The third kappa shape index (κ3) is 6.64. The fourth-order valence-electron chi connectivity index (χ4n) is 1.96. The van der Waals surface area contributed by atoms with Crippen molar-refractivity contribution in [3.8, 4) is 11.5 Å². The van der Waals surface area contributed by atoms with Gasteiger partial charge in [-0.3, -0.25) is 4.98 Å². The first-order chi connectivity index (χ1) is 12.7. The third-order valence-corrected chi connectivity index (χ3v) is 3.32. The van der Waals surface area contributed by atoms with Gasteiger partial charge < -0.3 is 10.2 Å². The molecule has 1 heterocycles. The van der Waals surface area contributed by atoms with Crippen LogP contribution in [0.3, 0.4) is 0 Å².